The van der Waals surface area contributed by atoms with Gasteiger partial charge in [0.25, 0.3) is 44.4 Å². The van der Waals surface area contributed by atoms with Crippen molar-refractivity contribution in [2.45, 2.75) is 73.9 Å². The molecule has 0 aliphatic carbocycles. The van der Waals surface area contributed by atoms with Crippen molar-refractivity contribution in [3.8, 4) is 0 Å². The normalized spacial score (nSPS) is 13.6. The number of para-hydroxylation sites is 3. The van der Waals surface area contributed by atoms with Crippen molar-refractivity contribution in [1.82, 2.24) is 38.2 Å². The highest BCUT2D eigenvalue weighted by atomic mass is 35.5. The summed E-state index contributed by atoms with van der Waals surface area (Å²) >= 11 is 5.97. The van der Waals surface area contributed by atoms with Gasteiger partial charge in [-0.2, -0.15) is 0 Å². The number of carbonyl (C=O) groups excluding carboxylic acids is 5. The molecule has 24 nitrogen and oxygen atoms in total. The lowest BCUT2D eigenvalue weighted by Crippen LogP contribution is -2.49. The predicted molar refractivity (Wildman–Crippen MR) is 455 cm³/mol. The number of hydrogen-bond donors (Lipinski definition) is 1. The number of benzene rings is 7. The molecule has 0 radical (unpaired) electrons. The number of aryl methyl sites for hydroxylation is 4. The molecular weight excluding hydrogens is 1490 g/mol. The minimum absolute atomic E-state index is 0. The molecule has 0 saturated carbocycles. The zero-order valence-corrected chi connectivity index (χ0v) is 65.4. The number of pyridine rings is 3. The van der Waals surface area contributed by atoms with Crippen molar-refractivity contribution in [2.24, 2.45) is 7.05 Å². The highest BCUT2D eigenvalue weighted by Crippen LogP contribution is 2.36. The Labute approximate surface area is 672 Å². The van der Waals surface area contributed by atoms with Crippen LogP contribution in [0.4, 0.5) is 27.1 Å². The van der Waals surface area contributed by atoms with Gasteiger partial charge in [-0.15, -0.1) is 0 Å². The highest BCUT2D eigenvalue weighted by molar-refractivity contribution is 7.92. The molecule has 0 spiro atoms. The van der Waals surface area contributed by atoms with E-state index in [-0.39, 0.29) is 86.0 Å². The Morgan fingerprint density at radius 3 is 1.20 bits per heavy atom. The Hall–Kier alpha value is -11.2. The zero-order chi connectivity index (χ0) is 79.2. The number of piperazine rings is 3. The molecular formula is C87H106ClFN12O12S. The largest absolute Gasteiger partial charge is 0.462 e. The summed E-state index contributed by atoms with van der Waals surface area (Å²) in [5, 5.41) is 2.96. The molecule has 7 aromatic carbocycles. The first-order chi connectivity index (χ1) is 53.4. The number of amides is 3. The summed E-state index contributed by atoms with van der Waals surface area (Å²) in [6.07, 6.45) is 1.52. The number of carbonyl (C=O) groups is 5. The van der Waals surface area contributed by atoms with Crippen molar-refractivity contribution < 1.29 is 46.3 Å². The monoisotopic (exact) mass is 1600 g/mol. The fourth-order valence-electron chi connectivity index (χ4n) is 14.3. The van der Waals surface area contributed by atoms with Gasteiger partial charge in [0.2, 0.25) is 0 Å². The fraction of sp³-hybridized carbons (Fsp3) is 0.356. The van der Waals surface area contributed by atoms with Crippen molar-refractivity contribution in [2.75, 3.05) is 152 Å². The van der Waals surface area contributed by atoms with E-state index < -0.39 is 33.3 Å². The first-order valence-electron chi connectivity index (χ1n) is 37.2. The van der Waals surface area contributed by atoms with Crippen LogP contribution < -0.4 is 36.1 Å². The predicted octanol–water partition coefficient (Wildman–Crippen LogP) is 12.5. The van der Waals surface area contributed by atoms with E-state index in [1.54, 1.807) is 93.3 Å². The summed E-state index contributed by atoms with van der Waals surface area (Å²) < 4.78 is 58.0. The van der Waals surface area contributed by atoms with Gasteiger partial charge in [0.15, 0.2) is 0 Å². The zero-order valence-electron chi connectivity index (χ0n) is 63.9. The summed E-state index contributed by atoms with van der Waals surface area (Å²) in [5.41, 5.74) is 5.43. The number of aromatic nitrogens is 3. The van der Waals surface area contributed by atoms with Gasteiger partial charge in [0.05, 0.1) is 51.7 Å². The van der Waals surface area contributed by atoms with Crippen LogP contribution in [0.15, 0.2) is 195 Å². The third kappa shape index (κ3) is 20.2. The molecule has 10 aromatic rings. The van der Waals surface area contributed by atoms with Crippen LogP contribution in [-0.4, -0.2) is 209 Å². The second-order valence-electron chi connectivity index (χ2n) is 27.9. The van der Waals surface area contributed by atoms with E-state index in [1.165, 1.54) is 41.0 Å². The topological polar surface area (TPSA) is 242 Å². The van der Waals surface area contributed by atoms with E-state index in [9.17, 15) is 51.2 Å². The van der Waals surface area contributed by atoms with Crippen molar-refractivity contribution in [3.05, 3.63) is 251 Å². The number of ether oxygens (including phenoxy) is 2. The Morgan fingerprint density at radius 2 is 0.807 bits per heavy atom. The van der Waals surface area contributed by atoms with Crippen molar-refractivity contribution in [1.29, 1.82) is 0 Å². The molecule has 1 N–H and O–H groups in total. The van der Waals surface area contributed by atoms with E-state index in [4.69, 9.17) is 21.1 Å². The third-order valence-corrected chi connectivity index (χ3v) is 21.5. The number of esters is 2. The van der Waals surface area contributed by atoms with Gasteiger partial charge >= 0.3 is 11.9 Å². The minimum atomic E-state index is -4.01. The standard InChI is InChI=1S/C28H33ClN4O4.C28H33FN4O4.C28H28N4O4S.3CH4/c2*1-4-37-28(36)24-25(22-8-5-6-9-23(22)33(27(24)35)15-7-14-30(2)3)31-16-18-32(19-17-31)26(34)20-10-12-21(29)13-11-20;1-20-12-14-22(15-13-20)37(35,36)29-25-26(23-10-6-7-11-24(23)30(2)28(25)34)31-16-18-32(19-17-31)27(33)21-8-4-3-5-9-21;;;/h2*5-6,8-13H,4,7,14-19H2,1-3H3;3-15,29H,16-19H2,1-2H3;3*1H4. The average molecular weight is 1600 g/mol. The van der Waals surface area contributed by atoms with E-state index in [1.807, 2.05) is 141 Å². The quantitative estimate of drug-likeness (QED) is 0.0657. The SMILES string of the molecule is C.C.C.CCOC(=O)c1c(N2CCN(C(=O)c3ccc(Cl)cc3)CC2)c2ccccc2n(CCCN(C)C)c1=O.CCOC(=O)c1c(N2CCN(C(=O)c3ccc(F)cc3)CC2)c2ccccc2n(CCCN(C)C)c1=O.Cc1ccc(S(=O)(=O)Nc2c(N3CCN(C(=O)c4ccccc4)CC3)c3ccccc3n(C)c2=O)cc1. The van der Waals surface area contributed by atoms with Gasteiger partial charge in [0, 0.05) is 137 Å². The van der Waals surface area contributed by atoms with Crippen molar-refractivity contribution in [3.63, 3.8) is 0 Å². The highest BCUT2D eigenvalue weighted by Gasteiger charge is 2.34. The van der Waals surface area contributed by atoms with Crippen LogP contribution in [0.1, 0.15) is 106 Å². The van der Waals surface area contributed by atoms with E-state index in [0.29, 0.717) is 136 Å². The first kappa shape index (κ1) is 88.4. The summed E-state index contributed by atoms with van der Waals surface area (Å²) in [7, 11) is 5.56. The van der Waals surface area contributed by atoms with Crippen LogP contribution in [0.25, 0.3) is 32.7 Å². The Balaban J connectivity index is 0.000000211. The molecule has 114 heavy (non-hydrogen) atoms. The van der Waals surface area contributed by atoms with Crippen LogP contribution in [0.5, 0.6) is 0 Å². The van der Waals surface area contributed by atoms with Crippen LogP contribution in [0.3, 0.4) is 0 Å². The van der Waals surface area contributed by atoms with Gasteiger partial charge in [-0.25, -0.2) is 22.4 Å². The summed E-state index contributed by atoms with van der Waals surface area (Å²) in [5.74, 6) is -1.94. The van der Waals surface area contributed by atoms with Gasteiger partial charge in [-0.1, -0.05) is 124 Å². The maximum Gasteiger partial charge on any atom is 0.345 e. The average Bonchev–Trinajstić information content (AvgIpc) is 0.760. The van der Waals surface area contributed by atoms with E-state index in [0.717, 1.165) is 58.7 Å². The maximum atomic E-state index is 13.8. The first-order valence-corrected chi connectivity index (χ1v) is 39.1. The van der Waals surface area contributed by atoms with Crippen LogP contribution >= 0.6 is 11.6 Å². The van der Waals surface area contributed by atoms with Gasteiger partial charge in [-0.3, -0.25) is 33.5 Å². The third-order valence-electron chi connectivity index (χ3n) is 19.9. The Kier molecular flexibility index (Phi) is 31.0. The fourth-order valence-corrected chi connectivity index (χ4v) is 15.5. The molecule has 6 heterocycles. The smallest absolute Gasteiger partial charge is 0.345 e. The lowest BCUT2D eigenvalue weighted by atomic mass is 10.1. The minimum Gasteiger partial charge on any atom is -0.462 e. The molecule has 0 atom stereocenters. The molecule has 3 aliphatic rings. The van der Waals surface area contributed by atoms with E-state index >= 15 is 0 Å². The summed E-state index contributed by atoms with van der Waals surface area (Å²) in [4.78, 5) is 122. The number of hydrogen-bond acceptors (Lipinski definition) is 17. The molecule has 13 rings (SSSR count). The number of rotatable bonds is 21. The lowest BCUT2D eigenvalue weighted by Gasteiger charge is -2.37. The molecule has 606 valence electrons. The second kappa shape index (κ2) is 40.0. The molecule has 0 bridgehead atoms. The molecule has 27 heteroatoms. The number of anilines is 4. The van der Waals surface area contributed by atoms with Gasteiger partial charge < -0.3 is 62.4 Å². The molecule has 3 aromatic heterocycles. The van der Waals surface area contributed by atoms with Gasteiger partial charge in [0.1, 0.15) is 22.6 Å². The Morgan fingerprint density at radius 1 is 0.456 bits per heavy atom. The van der Waals surface area contributed by atoms with Crippen LogP contribution in [0.2, 0.25) is 5.02 Å². The molecule has 0 unspecified atom stereocenters. The number of nitrogens with zero attached hydrogens (tertiary/aromatic N) is 11. The molecule has 3 fully saturated rings. The van der Waals surface area contributed by atoms with E-state index in [2.05, 4.69) is 14.5 Å². The number of nitrogens with one attached hydrogen (secondary N) is 1. The van der Waals surface area contributed by atoms with Crippen molar-refractivity contribution >= 4 is 107 Å². The number of sulfonamides is 1. The number of halogens is 2. The lowest BCUT2D eigenvalue weighted by molar-refractivity contribution is 0.0514. The number of fused-ring (bicyclic) bond motifs is 3. The van der Waals surface area contributed by atoms with Crippen LogP contribution in [-0.2, 0) is 39.6 Å². The van der Waals surface area contributed by atoms with Gasteiger partial charge in [-0.05, 0) is 166 Å². The summed E-state index contributed by atoms with van der Waals surface area (Å²) in [6, 6.07) is 50.7. The maximum absolute atomic E-state index is 13.8. The molecule has 3 amide bonds. The molecule has 3 aliphatic heterocycles. The molecule has 3 saturated heterocycles. The summed E-state index contributed by atoms with van der Waals surface area (Å²) in [6.45, 7) is 13.6. The second-order valence-corrected chi connectivity index (χ2v) is 30.0. The Bertz CT molecular complexity index is 5120. The van der Waals surface area contributed by atoms with Crippen LogP contribution in [0, 0.1) is 12.7 Å².